The zero-order chi connectivity index (χ0) is 14.6. The van der Waals surface area contributed by atoms with Crippen molar-refractivity contribution in [2.75, 3.05) is 31.9 Å². The Morgan fingerprint density at radius 1 is 1.25 bits per heavy atom. The Hall–Kier alpha value is -0.430. The second-order valence-electron chi connectivity index (χ2n) is 5.53. The van der Waals surface area contributed by atoms with E-state index in [-0.39, 0.29) is 25.3 Å². The maximum absolute atomic E-state index is 12.5. The van der Waals surface area contributed by atoms with E-state index >= 15 is 0 Å². The van der Waals surface area contributed by atoms with Crippen LogP contribution in [0.1, 0.15) is 25.7 Å². The van der Waals surface area contributed by atoms with E-state index in [1.165, 1.54) is 6.42 Å². The first-order chi connectivity index (χ1) is 9.45. The zero-order valence-electron chi connectivity index (χ0n) is 11.4. The van der Waals surface area contributed by atoms with E-state index in [0.29, 0.717) is 24.9 Å². The van der Waals surface area contributed by atoms with Crippen LogP contribution in [-0.2, 0) is 4.79 Å². The van der Waals surface area contributed by atoms with Crippen LogP contribution in [0.25, 0.3) is 0 Å². The Kier molecular flexibility index (Phi) is 5.60. The maximum Gasteiger partial charge on any atom is 0.391 e. The number of nitrogens with one attached hydrogen (secondary N) is 1. The van der Waals surface area contributed by atoms with Crippen LogP contribution in [-0.4, -0.2) is 54.2 Å². The van der Waals surface area contributed by atoms with E-state index in [4.69, 9.17) is 0 Å². The van der Waals surface area contributed by atoms with Crippen molar-refractivity contribution in [2.45, 2.75) is 37.1 Å². The van der Waals surface area contributed by atoms with Gasteiger partial charge in [0, 0.05) is 11.8 Å². The molecule has 1 N–H and O–H groups in total. The van der Waals surface area contributed by atoms with E-state index < -0.39 is 12.1 Å². The third kappa shape index (κ3) is 4.84. The molecule has 0 unspecified atom stereocenters. The van der Waals surface area contributed by atoms with Gasteiger partial charge in [0.05, 0.1) is 12.5 Å². The molecule has 0 aromatic rings. The highest BCUT2D eigenvalue weighted by Crippen LogP contribution is 2.33. The summed E-state index contributed by atoms with van der Waals surface area (Å²) in [7, 11) is 0. The highest BCUT2D eigenvalue weighted by molar-refractivity contribution is 8.00. The quantitative estimate of drug-likeness (QED) is 0.864. The number of hydrogen-bond donors (Lipinski definition) is 1. The third-order valence-electron chi connectivity index (χ3n) is 3.97. The number of thioether (sulfide) groups is 1. The molecule has 7 heteroatoms. The minimum absolute atomic E-state index is 0.0667. The number of rotatable bonds is 4. The first kappa shape index (κ1) is 15.9. The molecule has 2 aliphatic heterocycles. The summed E-state index contributed by atoms with van der Waals surface area (Å²) in [5.74, 6) is -0.106. The first-order valence-corrected chi connectivity index (χ1v) is 8.17. The summed E-state index contributed by atoms with van der Waals surface area (Å²) in [4.78, 5) is 13.6. The Balaban J connectivity index is 1.63. The topological polar surface area (TPSA) is 32.3 Å². The van der Waals surface area contributed by atoms with E-state index in [2.05, 4.69) is 5.32 Å². The Bertz CT molecular complexity index is 324. The van der Waals surface area contributed by atoms with Crippen molar-refractivity contribution < 1.29 is 18.0 Å². The molecule has 3 nitrogen and oxygen atoms in total. The van der Waals surface area contributed by atoms with Gasteiger partial charge in [0.2, 0.25) is 5.91 Å². The molecule has 20 heavy (non-hydrogen) atoms. The minimum atomic E-state index is -4.09. The fraction of sp³-hybridized carbons (Fsp3) is 0.923. The van der Waals surface area contributed by atoms with Crippen molar-refractivity contribution in [3.8, 4) is 0 Å². The summed E-state index contributed by atoms with van der Waals surface area (Å²) in [6.45, 7) is 1.62. The molecule has 2 aliphatic rings. The molecular formula is C13H21F3N2OS. The molecule has 1 amide bonds. The highest BCUT2D eigenvalue weighted by atomic mass is 32.2. The van der Waals surface area contributed by atoms with Crippen LogP contribution in [0.15, 0.2) is 0 Å². The van der Waals surface area contributed by atoms with Gasteiger partial charge < -0.3 is 5.32 Å². The molecule has 0 aromatic heterocycles. The molecule has 2 fully saturated rings. The van der Waals surface area contributed by atoms with E-state index in [1.807, 2.05) is 16.7 Å². The van der Waals surface area contributed by atoms with Gasteiger partial charge >= 0.3 is 6.18 Å². The van der Waals surface area contributed by atoms with Crippen LogP contribution in [0.4, 0.5) is 13.2 Å². The molecule has 2 rings (SSSR count). The summed E-state index contributed by atoms with van der Waals surface area (Å²) >= 11 is 1.88. The van der Waals surface area contributed by atoms with Gasteiger partial charge in [-0.3, -0.25) is 9.69 Å². The SMILES string of the molecule is O=C(CN1CCC(C(F)(F)F)CC1)NC[C@H]1CCCS1. The summed E-state index contributed by atoms with van der Waals surface area (Å²) in [5, 5.41) is 3.40. The lowest BCUT2D eigenvalue weighted by atomic mass is 9.96. The van der Waals surface area contributed by atoms with Gasteiger partial charge in [0.1, 0.15) is 0 Å². The van der Waals surface area contributed by atoms with Gasteiger partial charge in [0.15, 0.2) is 0 Å². The van der Waals surface area contributed by atoms with Crippen molar-refractivity contribution >= 4 is 17.7 Å². The summed E-state index contributed by atoms with van der Waals surface area (Å²) in [6.07, 6.45) is -1.53. The van der Waals surface area contributed by atoms with Crippen LogP contribution >= 0.6 is 11.8 Å². The zero-order valence-corrected chi connectivity index (χ0v) is 12.2. The molecule has 2 heterocycles. The smallest absolute Gasteiger partial charge is 0.354 e. The Morgan fingerprint density at radius 3 is 2.50 bits per heavy atom. The maximum atomic E-state index is 12.5. The average molecular weight is 310 g/mol. The predicted octanol–water partition coefficient (Wildman–Crippen LogP) is 2.27. The molecule has 1 atom stereocenters. The molecular weight excluding hydrogens is 289 g/mol. The van der Waals surface area contributed by atoms with Gasteiger partial charge in [-0.15, -0.1) is 0 Å². The number of halogens is 3. The number of likely N-dealkylation sites (tertiary alicyclic amines) is 1. The lowest BCUT2D eigenvalue weighted by Gasteiger charge is -2.32. The Labute approximate surface area is 121 Å². The molecule has 0 aliphatic carbocycles. The standard InChI is InChI=1S/C13H21F3N2OS/c14-13(15,16)10-3-5-18(6-4-10)9-12(19)17-8-11-2-1-7-20-11/h10-11H,1-9H2,(H,17,19)/t11-/m1/s1. The molecule has 0 spiro atoms. The summed E-state index contributed by atoms with van der Waals surface area (Å²) < 4.78 is 37.6. The molecule has 0 saturated carbocycles. The second-order valence-corrected chi connectivity index (χ2v) is 6.94. The van der Waals surface area contributed by atoms with Gasteiger partial charge in [-0.05, 0) is 44.5 Å². The third-order valence-corrected chi connectivity index (χ3v) is 5.37. The van der Waals surface area contributed by atoms with Crippen molar-refractivity contribution in [3.63, 3.8) is 0 Å². The number of carbonyl (C=O) groups is 1. The fourth-order valence-electron chi connectivity index (χ4n) is 2.71. The normalized spacial score (nSPS) is 25.9. The number of nitrogens with zero attached hydrogens (tertiary/aromatic N) is 1. The highest BCUT2D eigenvalue weighted by Gasteiger charge is 2.41. The monoisotopic (exact) mass is 310 g/mol. The number of alkyl halides is 3. The van der Waals surface area contributed by atoms with Crippen LogP contribution in [0.5, 0.6) is 0 Å². The van der Waals surface area contributed by atoms with Crippen molar-refractivity contribution in [1.82, 2.24) is 10.2 Å². The van der Waals surface area contributed by atoms with Crippen LogP contribution in [0, 0.1) is 5.92 Å². The predicted molar refractivity (Wildman–Crippen MR) is 73.7 cm³/mol. The molecule has 116 valence electrons. The van der Waals surface area contributed by atoms with Gasteiger partial charge in [-0.2, -0.15) is 24.9 Å². The lowest BCUT2D eigenvalue weighted by molar-refractivity contribution is -0.185. The molecule has 2 saturated heterocycles. The van der Waals surface area contributed by atoms with E-state index in [0.717, 1.165) is 12.2 Å². The van der Waals surface area contributed by atoms with Crippen LogP contribution in [0.2, 0.25) is 0 Å². The summed E-state index contributed by atoms with van der Waals surface area (Å²) in [6, 6.07) is 0. The van der Waals surface area contributed by atoms with Crippen molar-refractivity contribution in [2.24, 2.45) is 5.92 Å². The molecule has 0 bridgehead atoms. The first-order valence-electron chi connectivity index (χ1n) is 7.12. The van der Waals surface area contributed by atoms with Crippen molar-refractivity contribution in [3.05, 3.63) is 0 Å². The fourth-order valence-corrected chi connectivity index (χ4v) is 3.91. The van der Waals surface area contributed by atoms with Gasteiger partial charge in [-0.1, -0.05) is 0 Å². The van der Waals surface area contributed by atoms with Gasteiger partial charge in [0.25, 0.3) is 0 Å². The minimum Gasteiger partial charge on any atom is -0.354 e. The summed E-state index contributed by atoms with van der Waals surface area (Å²) in [5.41, 5.74) is 0. The second kappa shape index (κ2) is 7.02. The molecule has 0 radical (unpaired) electrons. The van der Waals surface area contributed by atoms with Crippen molar-refractivity contribution in [1.29, 1.82) is 0 Å². The number of carbonyl (C=O) groups excluding carboxylic acids is 1. The number of amides is 1. The Morgan fingerprint density at radius 2 is 1.95 bits per heavy atom. The van der Waals surface area contributed by atoms with E-state index in [9.17, 15) is 18.0 Å². The largest absolute Gasteiger partial charge is 0.391 e. The van der Waals surface area contributed by atoms with E-state index in [1.54, 1.807) is 0 Å². The van der Waals surface area contributed by atoms with Crippen LogP contribution in [0.3, 0.4) is 0 Å². The number of piperidine rings is 1. The molecule has 0 aromatic carbocycles. The number of hydrogen-bond acceptors (Lipinski definition) is 3. The van der Waals surface area contributed by atoms with Crippen LogP contribution < -0.4 is 5.32 Å². The lowest BCUT2D eigenvalue weighted by Crippen LogP contribution is -2.44. The average Bonchev–Trinajstić information content (AvgIpc) is 2.89. The van der Waals surface area contributed by atoms with Gasteiger partial charge in [-0.25, -0.2) is 0 Å².